The lowest BCUT2D eigenvalue weighted by Crippen LogP contribution is -2.12. The molecule has 9 aromatic rings. The number of hydrogen-bond donors (Lipinski definition) is 0. The highest BCUT2D eigenvalue weighted by atomic mass is 32.1. The van der Waals surface area contributed by atoms with Gasteiger partial charge in [0.2, 0.25) is 0 Å². The lowest BCUT2D eigenvalue weighted by atomic mass is 9.88. The minimum absolute atomic E-state index is 0.0206. The van der Waals surface area contributed by atoms with Crippen molar-refractivity contribution < 1.29 is 4.74 Å². The summed E-state index contributed by atoms with van der Waals surface area (Å²) in [6.07, 6.45) is 3.96. The van der Waals surface area contributed by atoms with Gasteiger partial charge in [0.25, 0.3) is 0 Å². The number of aromatic nitrogens is 4. The smallest absolute Gasteiger partial charge is 0.137 e. The highest BCUT2D eigenvalue weighted by molar-refractivity contribution is 7.26. The Bertz CT molecular complexity index is 2790. The third-order valence-corrected chi connectivity index (χ3v) is 11.1. The monoisotopic (exact) mass is 682 g/mol. The van der Waals surface area contributed by atoms with Gasteiger partial charge in [-0.15, -0.1) is 11.3 Å². The first kappa shape index (κ1) is 31.3. The van der Waals surface area contributed by atoms with Crippen LogP contribution < -0.4 is 4.74 Å². The SMILES string of the molecule is Cc1cc(C)c(-c2ccn(-c3cccc(Oc4ccc5c6ccc7sc8ccccc8c7c6n(-c6cc(C(C)(C)C)ccn6)c5c4)c3)n2)c(C)c1. The number of rotatable bonds is 5. The van der Waals surface area contributed by atoms with Crippen LogP contribution in [-0.2, 0) is 5.41 Å². The van der Waals surface area contributed by atoms with Crippen LogP contribution in [0.5, 0.6) is 11.5 Å². The zero-order chi connectivity index (χ0) is 35.0. The summed E-state index contributed by atoms with van der Waals surface area (Å²) < 4.78 is 13.4. The first-order chi connectivity index (χ1) is 24.6. The zero-order valence-corrected chi connectivity index (χ0v) is 30.5. The van der Waals surface area contributed by atoms with E-state index in [0.717, 1.165) is 39.6 Å². The summed E-state index contributed by atoms with van der Waals surface area (Å²) in [5.74, 6) is 2.40. The third kappa shape index (κ3) is 5.29. The van der Waals surface area contributed by atoms with E-state index < -0.39 is 0 Å². The number of hydrogen-bond acceptors (Lipinski definition) is 4. The molecule has 0 bridgehead atoms. The van der Waals surface area contributed by atoms with E-state index in [1.807, 2.05) is 46.6 Å². The summed E-state index contributed by atoms with van der Waals surface area (Å²) in [5, 5.41) is 9.87. The molecule has 0 saturated carbocycles. The van der Waals surface area contributed by atoms with Crippen molar-refractivity contribution in [3.05, 3.63) is 144 Å². The van der Waals surface area contributed by atoms with Crippen LogP contribution >= 0.6 is 11.3 Å². The number of nitrogens with zero attached hydrogens (tertiary/aromatic N) is 4. The Labute approximate surface area is 301 Å². The molecule has 51 heavy (non-hydrogen) atoms. The molecule has 4 heterocycles. The van der Waals surface area contributed by atoms with E-state index in [0.29, 0.717) is 0 Å². The van der Waals surface area contributed by atoms with Gasteiger partial charge in [-0.25, -0.2) is 9.67 Å². The predicted molar refractivity (Wildman–Crippen MR) is 213 cm³/mol. The molecule has 0 N–H and O–H groups in total. The van der Waals surface area contributed by atoms with Crippen LogP contribution in [0.2, 0.25) is 0 Å². The van der Waals surface area contributed by atoms with Gasteiger partial charge in [-0.3, -0.25) is 4.57 Å². The van der Waals surface area contributed by atoms with Gasteiger partial charge >= 0.3 is 0 Å². The Morgan fingerprint density at radius 1 is 0.686 bits per heavy atom. The minimum Gasteiger partial charge on any atom is -0.457 e. The van der Waals surface area contributed by atoms with E-state index in [1.54, 1.807) is 0 Å². The fourth-order valence-corrected chi connectivity index (χ4v) is 8.72. The van der Waals surface area contributed by atoms with E-state index in [1.165, 1.54) is 58.9 Å². The standard InChI is InChI=1S/C45H38N4OS/c1-27-22-28(2)42(29(3)23-27)37-19-21-48(47-37)31-10-9-11-32(25-31)50-33-14-15-34-35-16-17-40-43(36-12-7-8-13-39(36)51-40)44(35)49(38(34)26-33)41-24-30(18-20-46-41)45(4,5)6/h7-26H,1-6H3. The van der Waals surface area contributed by atoms with Crippen molar-refractivity contribution >= 4 is 53.3 Å². The first-order valence-corrected chi connectivity index (χ1v) is 18.2. The molecule has 0 aliphatic rings. The average molecular weight is 683 g/mol. The summed E-state index contributed by atoms with van der Waals surface area (Å²) in [7, 11) is 0. The van der Waals surface area contributed by atoms with E-state index in [2.05, 4.69) is 137 Å². The summed E-state index contributed by atoms with van der Waals surface area (Å²) in [6, 6.07) is 38.7. The molecular weight excluding hydrogens is 645 g/mol. The molecule has 5 nitrogen and oxygen atoms in total. The molecule has 0 unspecified atom stereocenters. The molecule has 5 aromatic carbocycles. The van der Waals surface area contributed by atoms with E-state index in [9.17, 15) is 0 Å². The topological polar surface area (TPSA) is 44.9 Å². The molecule has 0 fully saturated rings. The van der Waals surface area contributed by atoms with Crippen molar-refractivity contribution in [1.29, 1.82) is 0 Å². The summed E-state index contributed by atoms with van der Waals surface area (Å²) in [5.41, 5.74) is 10.3. The summed E-state index contributed by atoms with van der Waals surface area (Å²) in [6.45, 7) is 13.2. The molecule has 0 amide bonds. The van der Waals surface area contributed by atoms with Gasteiger partial charge in [0.15, 0.2) is 0 Å². The lowest BCUT2D eigenvalue weighted by molar-refractivity contribution is 0.483. The van der Waals surface area contributed by atoms with Crippen LogP contribution in [0.4, 0.5) is 0 Å². The largest absolute Gasteiger partial charge is 0.457 e. The molecule has 6 heteroatoms. The quantitative estimate of drug-likeness (QED) is 0.181. The van der Waals surface area contributed by atoms with E-state index >= 15 is 0 Å². The Hall–Kier alpha value is -5.72. The van der Waals surface area contributed by atoms with Crippen LogP contribution in [0.25, 0.3) is 64.7 Å². The molecule has 0 saturated heterocycles. The molecule has 4 aromatic heterocycles. The third-order valence-electron chi connectivity index (χ3n) is 9.92. The Morgan fingerprint density at radius 3 is 2.29 bits per heavy atom. The Kier molecular flexibility index (Phi) is 7.16. The highest BCUT2D eigenvalue weighted by Crippen LogP contribution is 2.44. The van der Waals surface area contributed by atoms with Crippen LogP contribution in [-0.4, -0.2) is 19.3 Å². The first-order valence-electron chi connectivity index (χ1n) is 17.4. The second-order valence-electron chi connectivity index (χ2n) is 14.6. The maximum Gasteiger partial charge on any atom is 0.137 e. The van der Waals surface area contributed by atoms with Gasteiger partial charge in [-0.1, -0.05) is 68.8 Å². The molecule has 9 rings (SSSR count). The second-order valence-corrected chi connectivity index (χ2v) is 15.7. The van der Waals surface area contributed by atoms with Crippen LogP contribution in [0, 0.1) is 20.8 Å². The number of aryl methyl sites for hydroxylation is 3. The second kappa shape index (κ2) is 11.7. The molecule has 0 spiro atoms. The number of fused-ring (bicyclic) bond motifs is 7. The van der Waals surface area contributed by atoms with Crippen molar-refractivity contribution in [2.24, 2.45) is 0 Å². The Morgan fingerprint density at radius 2 is 1.47 bits per heavy atom. The lowest BCUT2D eigenvalue weighted by Gasteiger charge is -2.20. The minimum atomic E-state index is -0.0206. The van der Waals surface area contributed by atoms with Crippen LogP contribution in [0.15, 0.2) is 122 Å². The molecule has 0 atom stereocenters. The van der Waals surface area contributed by atoms with Crippen molar-refractivity contribution in [3.63, 3.8) is 0 Å². The zero-order valence-electron chi connectivity index (χ0n) is 29.7. The molecule has 0 radical (unpaired) electrons. The van der Waals surface area contributed by atoms with Gasteiger partial charge in [0.1, 0.15) is 17.3 Å². The van der Waals surface area contributed by atoms with Crippen molar-refractivity contribution in [1.82, 2.24) is 19.3 Å². The highest BCUT2D eigenvalue weighted by Gasteiger charge is 2.21. The average Bonchev–Trinajstić information content (AvgIpc) is 3.82. The molecule has 0 aliphatic heterocycles. The number of benzene rings is 5. The number of pyridine rings is 1. The summed E-state index contributed by atoms with van der Waals surface area (Å²) in [4.78, 5) is 4.98. The Balaban J connectivity index is 1.17. The summed E-state index contributed by atoms with van der Waals surface area (Å²) >= 11 is 1.84. The maximum atomic E-state index is 6.63. The number of ether oxygens (including phenoxy) is 1. The van der Waals surface area contributed by atoms with Gasteiger partial charge in [0.05, 0.1) is 22.4 Å². The normalized spacial score (nSPS) is 12.1. The molecular formula is C45H38N4OS. The van der Waals surface area contributed by atoms with Gasteiger partial charge in [-0.05, 0) is 97.5 Å². The fourth-order valence-electron chi connectivity index (χ4n) is 7.61. The fraction of sp³-hybridized carbons (Fsp3) is 0.156. The number of thiophene rings is 1. The molecule has 250 valence electrons. The van der Waals surface area contributed by atoms with E-state index in [-0.39, 0.29) is 5.41 Å². The van der Waals surface area contributed by atoms with Crippen LogP contribution in [0.1, 0.15) is 43.0 Å². The van der Waals surface area contributed by atoms with Crippen molar-refractivity contribution in [2.45, 2.75) is 47.0 Å². The van der Waals surface area contributed by atoms with Gasteiger partial charge in [0, 0.05) is 61.0 Å². The molecule has 0 aliphatic carbocycles. The maximum absolute atomic E-state index is 6.63. The van der Waals surface area contributed by atoms with Gasteiger partial charge < -0.3 is 4.74 Å². The van der Waals surface area contributed by atoms with Crippen molar-refractivity contribution in [3.8, 4) is 34.3 Å². The van der Waals surface area contributed by atoms with Gasteiger partial charge in [-0.2, -0.15) is 5.10 Å². The van der Waals surface area contributed by atoms with Crippen LogP contribution in [0.3, 0.4) is 0 Å². The van der Waals surface area contributed by atoms with Crippen molar-refractivity contribution in [2.75, 3.05) is 0 Å². The van der Waals surface area contributed by atoms with E-state index in [4.69, 9.17) is 14.8 Å². The predicted octanol–water partition coefficient (Wildman–Crippen LogP) is 12.4.